The zero-order valence-corrected chi connectivity index (χ0v) is 11.3. The summed E-state index contributed by atoms with van der Waals surface area (Å²) in [5.74, 6) is 0. The first kappa shape index (κ1) is 12.3. The Balaban J connectivity index is 2.08. The molecule has 1 unspecified atom stereocenters. The summed E-state index contributed by atoms with van der Waals surface area (Å²) in [6.45, 7) is 1.98. The highest BCUT2D eigenvalue weighted by atomic mass is 79.9. The Morgan fingerprint density at radius 1 is 1.18 bits per heavy atom. The average molecular weight is 291 g/mol. The molecule has 1 heterocycles. The number of hydrogen-bond acceptors (Lipinski definition) is 2. The first-order chi connectivity index (χ1) is 8.15. The van der Waals surface area contributed by atoms with E-state index in [2.05, 4.69) is 33.0 Å². The van der Waals surface area contributed by atoms with Gasteiger partial charge in [0.25, 0.3) is 0 Å². The van der Waals surface area contributed by atoms with E-state index in [0.29, 0.717) is 0 Å². The zero-order chi connectivity index (χ0) is 12.3. The fourth-order valence-corrected chi connectivity index (χ4v) is 1.96. The van der Waals surface area contributed by atoms with Gasteiger partial charge in [-0.25, -0.2) is 0 Å². The highest BCUT2D eigenvalue weighted by molar-refractivity contribution is 9.10. The molecular formula is C14H15BrN2. The van der Waals surface area contributed by atoms with Crippen molar-refractivity contribution in [1.29, 1.82) is 0 Å². The summed E-state index contributed by atoms with van der Waals surface area (Å²) in [7, 11) is 0. The fraction of sp³-hybridized carbons (Fsp3) is 0.214. The van der Waals surface area contributed by atoms with Gasteiger partial charge in [-0.05, 0) is 42.7 Å². The maximum Gasteiger partial charge on any atom is 0.0372 e. The molecule has 1 atom stereocenters. The molecule has 17 heavy (non-hydrogen) atoms. The quantitative estimate of drug-likeness (QED) is 0.941. The van der Waals surface area contributed by atoms with Crippen LogP contribution < -0.4 is 5.73 Å². The second-order valence-corrected chi connectivity index (χ2v) is 5.09. The molecule has 0 radical (unpaired) electrons. The summed E-state index contributed by atoms with van der Waals surface area (Å²) in [5, 5.41) is 0. The van der Waals surface area contributed by atoms with Crippen molar-refractivity contribution in [3.63, 3.8) is 0 Å². The van der Waals surface area contributed by atoms with Gasteiger partial charge in [0.15, 0.2) is 0 Å². The molecule has 2 N–H and O–H groups in total. The maximum atomic E-state index is 6.16. The van der Waals surface area contributed by atoms with Gasteiger partial charge in [0.05, 0.1) is 0 Å². The Hall–Kier alpha value is -1.19. The molecule has 88 valence electrons. The van der Waals surface area contributed by atoms with Crippen LogP contribution in [0.1, 0.15) is 22.9 Å². The minimum Gasteiger partial charge on any atom is -0.324 e. The Kier molecular flexibility index (Phi) is 3.92. The van der Waals surface area contributed by atoms with Crippen LogP contribution in [0.15, 0.2) is 47.1 Å². The number of hydrogen-bond donors (Lipinski definition) is 1. The van der Waals surface area contributed by atoms with Gasteiger partial charge in [-0.2, -0.15) is 0 Å². The Morgan fingerprint density at radius 3 is 2.47 bits per heavy atom. The van der Waals surface area contributed by atoms with Crippen LogP contribution in [0.2, 0.25) is 0 Å². The van der Waals surface area contributed by atoms with Gasteiger partial charge in [0.1, 0.15) is 0 Å². The van der Waals surface area contributed by atoms with Gasteiger partial charge in [-0.3, -0.25) is 4.98 Å². The van der Waals surface area contributed by atoms with Crippen molar-refractivity contribution in [2.75, 3.05) is 0 Å². The van der Waals surface area contributed by atoms with E-state index in [-0.39, 0.29) is 6.04 Å². The molecule has 0 bridgehead atoms. The number of rotatable bonds is 3. The molecule has 2 rings (SSSR count). The summed E-state index contributed by atoms with van der Waals surface area (Å²) in [6.07, 6.45) is 2.69. The third-order valence-corrected chi connectivity index (χ3v) is 3.26. The predicted molar refractivity (Wildman–Crippen MR) is 73.7 cm³/mol. The van der Waals surface area contributed by atoms with Gasteiger partial charge < -0.3 is 5.73 Å². The van der Waals surface area contributed by atoms with Crippen molar-refractivity contribution in [2.45, 2.75) is 19.4 Å². The second-order valence-electron chi connectivity index (χ2n) is 4.17. The smallest absolute Gasteiger partial charge is 0.0372 e. The molecule has 0 aliphatic rings. The summed E-state index contributed by atoms with van der Waals surface area (Å²) in [4.78, 5) is 4.27. The van der Waals surface area contributed by atoms with Crippen molar-refractivity contribution in [3.8, 4) is 0 Å². The molecule has 0 fully saturated rings. The van der Waals surface area contributed by atoms with E-state index in [1.807, 2.05) is 37.4 Å². The topological polar surface area (TPSA) is 38.9 Å². The second kappa shape index (κ2) is 5.43. The van der Waals surface area contributed by atoms with Crippen molar-refractivity contribution in [1.82, 2.24) is 4.98 Å². The Bertz CT molecular complexity index is 477. The maximum absolute atomic E-state index is 6.16. The summed E-state index contributed by atoms with van der Waals surface area (Å²) >= 11 is 3.42. The molecular weight excluding hydrogens is 276 g/mol. The molecule has 2 aromatic rings. The van der Waals surface area contributed by atoms with Gasteiger partial charge in [0.2, 0.25) is 0 Å². The fourth-order valence-electron chi connectivity index (χ4n) is 1.69. The summed E-state index contributed by atoms with van der Waals surface area (Å²) in [5.41, 5.74) is 9.50. The normalized spacial score (nSPS) is 12.4. The molecule has 0 saturated heterocycles. The minimum atomic E-state index is 0.00396. The minimum absolute atomic E-state index is 0.00396. The van der Waals surface area contributed by atoms with Crippen molar-refractivity contribution < 1.29 is 0 Å². The SMILES string of the molecule is Cc1ccc(C(N)Cc2ccc(Br)cc2)cn1. The highest BCUT2D eigenvalue weighted by Gasteiger charge is 2.07. The van der Waals surface area contributed by atoms with E-state index in [1.54, 1.807) is 0 Å². The summed E-state index contributed by atoms with van der Waals surface area (Å²) in [6, 6.07) is 12.3. The molecule has 3 heteroatoms. The van der Waals surface area contributed by atoms with Gasteiger partial charge >= 0.3 is 0 Å². The third-order valence-electron chi connectivity index (χ3n) is 2.73. The molecule has 1 aromatic carbocycles. The van der Waals surface area contributed by atoms with Crippen LogP contribution in [-0.2, 0) is 6.42 Å². The number of pyridine rings is 1. The van der Waals surface area contributed by atoms with E-state index in [4.69, 9.17) is 5.73 Å². The number of benzene rings is 1. The van der Waals surface area contributed by atoms with E-state index < -0.39 is 0 Å². The Labute approximate surface area is 110 Å². The molecule has 0 spiro atoms. The van der Waals surface area contributed by atoms with Crippen LogP contribution in [-0.4, -0.2) is 4.98 Å². The first-order valence-electron chi connectivity index (χ1n) is 5.58. The van der Waals surface area contributed by atoms with E-state index >= 15 is 0 Å². The van der Waals surface area contributed by atoms with Gasteiger partial charge in [-0.15, -0.1) is 0 Å². The molecule has 0 aliphatic heterocycles. The van der Waals surface area contributed by atoms with E-state index in [0.717, 1.165) is 22.2 Å². The van der Waals surface area contributed by atoms with Crippen LogP contribution in [0, 0.1) is 6.92 Å². The van der Waals surface area contributed by atoms with Gasteiger partial charge in [0, 0.05) is 22.4 Å². The molecule has 0 saturated carbocycles. The van der Waals surface area contributed by atoms with Crippen LogP contribution in [0.3, 0.4) is 0 Å². The molecule has 2 nitrogen and oxygen atoms in total. The highest BCUT2D eigenvalue weighted by Crippen LogP contribution is 2.17. The largest absolute Gasteiger partial charge is 0.324 e. The molecule has 0 aliphatic carbocycles. The summed E-state index contributed by atoms with van der Waals surface area (Å²) < 4.78 is 1.09. The number of halogens is 1. The Morgan fingerprint density at radius 2 is 1.88 bits per heavy atom. The lowest BCUT2D eigenvalue weighted by atomic mass is 10.0. The van der Waals surface area contributed by atoms with Crippen LogP contribution in [0.25, 0.3) is 0 Å². The number of aromatic nitrogens is 1. The van der Waals surface area contributed by atoms with E-state index in [9.17, 15) is 0 Å². The lowest BCUT2D eigenvalue weighted by Gasteiger charge is -2.12. The standard InChI is InChI=1S/C14H15BrN2/c1-10-2-5-12(9-17-10)14(16)8-11-3-6-13(15)7-4-11/h2-7,9,14H,8,16H2,1H3. The number of nitrogens with two attached hydrogens (primary N) is 1. The van der Waals surface area contributed by atoms with Crippen molar-refractivity contribution in [3.05, 3.63) is 63.9 Å². The molecule has 1 aromatic heterocycles. The van der Waals surface area contributed by atoms with Crippen LogP contribution in [0.5, 0.6) is 0 Å². The van der Waals surface area contributed by atoms with Crippen molar-refractivity contribution >= 4 is 15.9 Å². The van der Waals surface area contributed by atoms with E-state index in [1.165, 1.54) is 5.56 Å². The first-order valence-corrected chi connectivity index (χ1v) is 6.37. The monoisotopic (exact) mass is 290 g/mol. The zero-order valence-electron chi connectivity index (χ0n) is 9.73. The lowest BCUT2D eigenvalue weighted by Crippen LogP contribution is -2.13. The molecule has 0 amide bonds. The number of nitrogens with zero attached hydrogens (tertiary/aromatic N) is 1. The van der Waals surface area contributed by atoms with Gasteiger partial charge in [-0.1, -0.05) is 34.1 Å². The number of aryl methyl sites for hydroxylation is 1. The lowest BCUT2D eigenvalue weighted by molar-refractivity contribution is 0.717. The average Bonchev–Trinajstić information content (AvgIpc) is 2.33. The third kappa shape index (κ3) is 3.38. The van der Waals surface area contributed by atoms with Crippen LogP contribution >= 0.6 is 15.9 Å². The van der Waals surface area contributed by atoms with Crippen LogP contribution in [0.4, 0.5) is 0 Å². The predicted octanol–water partition coefficient (Wildman–Crippen LogP) is 3.40. The van der Waals surface area contributed by atoms with Crippen molar-refractivity contribution in [2.24, 2.45) is 5.73 Å².